The molecular formula is C18H30N2O2S. The second kappa shape index (κ2) is 12.5. The van der Waals surface area contributed by atoms with Crippen molar-refractivity contribution in [2.24, 2.45) is 11.7 Å². The van der Waals surface area contributed by atoms with Gasteiger partial charge in [0.25, 0.3) is 0 Å². The van der Waals surface area contributed by atoms with Gasteiger partial charge in [-0.25, -0.2) is 0 Å². The number of hydrogen-bond donors (Lipinski definition) is 3. The molecule has 0 spiro atoms. The Kier molecular flexibility index (Phi) is 11.0. The quantitative estimate of drug-likeness (QED) is 0.293. The third-order valence-corrected chi connectivity index (χ3v) is 4.30. The van der Waals surface area contributed by atoms with Crippen molar-refractivity contribution in [2.45, 2.75) is 38.3 Å². The lowest BCUT2D eigenvalue weighted by Gasteiger charge is -2.16. The Balaban J connectivity index is 2.12. The molecule has 0 aliphatic carbocycles. The van der Waals surface area contributed by atoms with E-state index >= 15 is 0 Å². The van der Waals surface area contributed by atoms with Crippen LogP contribution in [0.1, 0.15) is 25.3 Å². The zero-order valence-corrected chi connectivity index (χ0v) is 14.9. The number of carbonyl (C=O) groups is 1. The van der Waals surface area contributed by atoms with E-state index < -0.39 is 0 Å². The number of hydrogen-bond acceptors (Lipinski definition) is 5. The van der Waals surface area contributed by atoms with Crippen molar-refractivity contribution in [3.05, 3.63) is 35.9 Å². The molecule has 0 fully saturated rings. The van der Waals surface area contributed by atoms with Crippen LogP contribution in [0.5, 0.6) is 0 Å². The van der Waals surface area contributed by atoms with E-state index in [1.54, 1.807) is 0 Å². The summed E-state index contributed by atoms with van der Waals surface area (Å²) in [6.45, 7) is 4.57. The average molecular weight is 339 g/mol. The highest BCUT2D eigenvalue weighted by Gasteiger charge is 2.10. The Morgan fingerprint density at radius 1 is 1.30 bits per heavy atom. The smallest absolute Gasteiger partial charge is 0.149 e. The van der Waals surface area contributed by atoms with E-state index in [0.717, 1.165) is 37.8 Å². The molecule has 23 heavy (non-hydrogen) atoms. The van der Waals surface area contributed by atoms with Crippen molar-refractivity contribution in [1.82, 2.24) is 5.32 Å². The average Bonchev–Trinajstić information content (AvgIpc) is 2.58. The van der Waals surface area contributed by atoms with Gasteiger partial charge >= 0.3 is 0 Å². The van der Waals surface area contributed by atoms with E-state index in [-0.39, 0.29) is 12.1 Å². The van der Waals surface area contributed by atoms with Crippen LogP contribution in [0.25, 0.3) is 0 Å². The summed E-state index contributed by atoms with van der Waals surface area (Å²) in [6.07, 6.45) is 3.23. The van der Waals surface area contributed by atoms with Crippen LogP contribution in [-0.2, 0) is 16.0 Å². The minimum Gasteiger partial charge on any atom is -0.370 e. The Morgan fingerprint density at radius 2 is 2.04 bits per heavy atom. The first-order chi connectivity index (χ1) is 11.2. The number of carbonyl (C=O) groups excluding carboxylic acids is 1. The molecular weight excluding hydrogens is 308 g/mol. The fourth-order valence-electron chi connectivity index (χ4n) is 2.26. The van der Waals surface area contributed by atoms with E-state index in [1.165, 1.54) is 0 Å². The Labute approximate surface area is 145 Å². The van der Waals surface area contributed by atoms with Crippen LogP contribution in [-0.4, -0.2) is 43.9 Å². The number of aldehydes is 1. The van der Waals surface area contributed by atoms with Crippen molar-refractivity contribution in [3.8, 4) is 0 Å². The fraction of sp³-hybridized carbons (Fsp3) is 0.611. The number of rotatable bonds is 13. The van der Waals surface area contributed by atoms with Crippen LogP contribution < -0.4 is 11.1 Å². The van der Waals surface area contributed by atoms with E-state index in [4.69, 9.17) is 10.5 Å². The number of nitrogens with two attached hydrogens (primary N) is 1. The van der Waals surface area contributed by atoms with Crippen LogP contribution in [0.15, 0.2) is 30.3 Å². The van der Waals surface area contributed by atoms with Gasteiger partial charge in [-0.05, 0) is 30.9 Å². The predicted octanol–water partition coefficient (Wildman–Crippen LogP) is 2.08. The maximum atomic E-state index is 11.1. The monoisotopic (exact) mass is 338 g/mol. The molecule has 2 unspecified atom stereocenters. The maximum Gasteiger partial charge on any atom is 0.149 e. The molecule has 3 N–H and O–H groups in total. The minimum atomic E-state index is -0.351. The number of nitrogens with one attached hydrogen (secondary N) is 1. The zero-order valence-electron chi connectivity index (χ0n) is 14.0. The summed E-state index contributed by atoms with van der Waals surface area (Å²) in [5, 5.41) is 3.34. The Bertz CT molecular complexity index is 417. The van der Waals surface area contributed by atoms with E-state index in [2.05, 4.69) is 24.9 Å². The second-order valence-electron chi connectivity index (χ2n) is 6.06. The molecule has 130 valence electrons. The molecule has 0 bridgehead atoms. The van der Waals surface area contributed by atoms with E-state index in [9.17, 15) is 4.79 Å². The highest BCUT2D eigenvalue weighted by atomic mass is 32.1. The zero-order chi connectivity index (χ0) is 16.9. The van der Waals surface area contributed by atoms with Gasteiger partial charge in [0, 0.05) is 31.4 Å². The fourth-order valence-corrected chi connectivity index (χ4v) is 2.39. The summed E-state index contributed by atoms with van der Waals surface area (Å²) in [4.78, 5) is 11.1. The largest absolute Gasteiger partial charge is 0.370 e. The van der Waals surface area contributed by atoms with Crippen LogP contribution in [0, 0.1) is 5.92 Å². The van der Waals surface area contributed by atoms with Crippen molar-refractivity contribution in [2.75, 3.05) is 25.4 Å². The molecule has 4 nitrogen and oxygen atoms in total. The van der Waals surface area contributed by atoms with Gasteiger partial charge in [-0.1, -0.05) is 37.3 Å². The summed E-state index contributed by atoms with van der Waals surface area (Å²) >= 11 is 4.16. The summed E-state index contributed by atoms with van der Waals surface area (Å²) < 4.78 is 5.71. The molecule has 0 saturated carbocycles. The first-order valence-corrected chi connectivity index (χ1v) is 8.97. The van der Waals surface area contributed by atoms with Gasteiger partial charge in [-0.2, -0.15) is 12.6 Å². The van der Waals surface area contributed by atoms with Gasteiger partial charge in [0.15, 0.2) is 0 Å². The maximum absolute atomic E-state index is 11.1. The molecule has 5 heteroatoms. The van der Waals surface area contributed by atoms with Crippen LogP contribution in [0.4, 0.5) is 0 Å². The second-order valence-corrected chi connectivity index (χ2v) is 6.43. The molecule has 0 saturated heterocycles. The third-order valence-electron chi connectivity index (χ3n) is 3.83. The van der Waals surface area contributed by atoms with Gasteiger partial charge in [0.05, 0.1) is 0 Å². The Hall–Kier alpha value is -0.880. The molecule has 3 atom stereocenters. The lowest BCUT2D eigenvalue weighted by molar-refractivity contribution is -0.118. The van der Waals surface area contributed by atoms with Gasteiger partial charge < -0.3 is 20.6 Å². The minimum absolute atomic E-state index is 0.114. The lowest BCUT2D eigenvalue weighted by Crippen LogP contribution is -2.36. The van der Waals surface area contributed by atoms with E-state index in [0.29, 0.717) is 24.7 Å². The first kappa shape index (κ1) is 20.2. The standard InChI is InChI=1S/C18H30N2O2S/c1-15(7-9-20-12-17(19)14-23)8-10-22-18(13-21)11-16-5-3-2-4-6-16/h2-6,13,15,17-18,20,23H,7-12,14,19H2,1H3/t15?,17?,18-/m0/s1. The van der Waals surface area contributed by atoms with Gasteiger partial charge in [0.2, 0.25) is 0 Å². The molecule has 0 aliphatic heterocycles. The van der Waals surface area contributed by atoms with Crippen LogP contribution in [0.3, 0.4) is 0 Å². The summed E-state index contributed by atoms with van der Waals surface area (Å²) in [7, 11) is 0. The van der Waals surface area contributed by atoms with Crippen LogP contribution in [0.2, 0.25) is 0 Å². The molecule has 0 aromatic heterocycles. The van der Waals surface area contributed by atoms with E-state index in [1.807, 2.05) is 30.3 Å². The highest BCUT2D eigenvalue weighted by molar-refractivity contribution is 7.80. The first-order valence-electron chi connectivity index (χ1n) is 8.33. The number of thiol groups is 1. The molecule has 1 aromatic carbocycles. The summed E-state index contributed by atoms with van der Waals surface area (Å²) in [5.74, 6) is 1.25. The molecule has 0 radical (unpaired) electrons. The lowest BCUT2D eigenvalue weighted by atomic mass is 10.0. The molecule has 1 rings (SSSR count). The number of ether oxygens (including phenoxy) is 1. The SMILES string of the molecule is CC(CCNCC(N)CS)CCO[C@H](C=O)Cc1ccccc1. The summed E-state index contributed by atoms with van der Waals surface area (Å²) in [6, 6.07) is 10.1. The Morgan fingerprint density at radius 3 is 2.70 bits per heavy atom. The van der Waals surface area contributed by atoms with Crippen molar-refractivity contribution in [1.29, 1.82) is 0 Å². The van der Waals surface area contributed by atoms with Gasteiger partial charge in [-0.3, -0.25) is 0 Å². The van der Waals surface area contributed by atoms with Crippen molar-refractivity contribution in [3.63, 3.8) is 0 Å². The van der Waals surface area contributed by atoms with Crippen LogP contribution >= 0.6 is 12.6 Å². The number of benzene rings is 1. The molecule has 0 amide bonds. The van der Waals surface area contributed by atoms with Crippen molar-refractivity contribution >= 4 is 18.9 Å². The molecule has 1 aromatic rings. The van der Waals surface area contributed by atoms with Gasteiger partial charge in [0.1, 0.15) is 12.4 Å². The topological polar surface area (TPSA) is 64.3 Å². The highest BCUT2D eigenvalue weighted by Crippen LogP contribution is 2.09. The molecule has 0 heterocycles. The van der Waals surface area contributed by atoms with Gasteiger partial charge in [-0.15, -0.1) is 0 Å². The molecule has 0 aliphatic rings. The van der Waals surface area contributed by atoms with Crippen molar-refractivity contribution < 1.29 is 9.53 Å². The normalized spacial score (nSPS) is 15.1. The third kappa shape index (κ3) is 9.76. The summed E-state index contributed by atoms with van der Waals surface area (Å²) in [5.41, 5.74) is 6.92. The predicted molar refractivity (Wildman–Crippen MR) is 99.0 cm³/mol.